The van der Waals surface area contributed by atoms with Gasteiger partial charge >= 0.3 is 0 Å². The van der Waals surface area contributed by atoms with Gasteiger partial charge in [0, 0.05) is 16.3 Å². The molecule has 1 atom stereocenters. The Morgan fingerprint density at radius 2 is 1.73 bits per heavy atom. The smallest absolute Gasteiger partial charge is 0.259 e. The second-order valence-electron chi connectivity index (χ2n) is 7.41. The van der Waals surface area contributed by atoms with Crippen molar-refractivity contribution in [3.8, 4) is 5.75 Å². The van der Waals surface area contributed by atoms with Crippen LogP contribution in [0.3, 0.4) is 0 Å². The maximum atomic E-state index is 13.4. The molecule has 3 amide bonds. The van der Waals surface area contributed by atoms with Gasteiger partial charge in [-0.3, -0.25) is 19.3 Å². The molecule has 1 aliphatic heterocycles. The van der Waals surface area contributed by atoms with Crippen LogP contribution in [-0.4, -0.2) is 30.4 Å². The third kappa shape index (κ3) is 4.99. The van der Waals surface area contributed by atoms with E-state index in [9.17, 15) is 14.4 Å². The molecule has 1 heterocycles. The van der Waals surface area contributed by atoms with E-state index in [2.05, 4.69) is 10.6 Å². The van der Waals surface area contributed by atoms with E-state index in [1.807, 2.05) is 6.92 Å². The molecule has 0 unspecified atom stereocenters. The Kier molecular flexibility index (Phi) is 6.60. The highest BCUT2D eigenvalue weighted by molar-refractivity contribution is 6.30. The molecule has 8 heteroatoms. The number of fused-ring (bicyclic) bond motifs is 1. The molecule has 0 saturated heterocycles. The summed E-state index contributed by atoms with van der Waals surface area (Å²) in [5, 5.41) is 6.07. The van der Waals surface area contributed by atoms with Crippen LogP contribution in [0.25, 0.3) is 0 Å². The Bertz CT molecular complexity index is 1180. The zero-order valence-corrected chi connectivity index (χ0v) is 18.6. The molecule has 0 radical (unpaired) electrons. The van der Waals surface area contributed by atoms with Gasteiger partial charge in [-0.15, -0.1) is 0 Å². The van der Waals surface area contributed by atoms with Crippen LogP contribution in [-0.2, 0) is 9.59 Å². The topological polar surface area (TPSA) is 87.7 Å². The van der Waals surface area contributed by atoms with Gasteiger partial charge in [-0.05, 0) is 67.6 Å². The van der Waals surface area contributed by atoms with E-state index < -0.39 is 23.8 Å². The molecule has 33 heavy (non-hydrogen) atoms. The lowest BCUT2D eigenvalue weighted by Gasteiger charge is -2.36. The van der Waals surface area contributed by atoms with Crippen LogP contribution in [0.4, 0.5) is 17.1 Å². The third-order valence-corrected chi connectivity index (χ3v) is 5.43. The summed E-state index contributed by atoms with van der Waals surface area (Å²) < 4.78 is 5.41. The van der Waals surface area contributed by atoms with Gasteiger partial charge in [0.05, 0.1) is 24.4 Å². The standard InChI is InChI=1S/C25H22ClN3O4/c1-2-33-19-13-11-18(12-14-19)27-23(30)15-22-24(31)28-20-5-3-4-6-21(20)29(22)25(32)16-7-9-17(26)10-8-16/h3-14,22H,2,15H2,1H3,(H,27,30)(H,28,31)/t22-/m0/s1. The van der Waals surface area contributed by atoms with E-state index in [1.165, 1.54) is 4.90 Å². The van der Waals surface area contributed by atoms with E-state index in [1.54, 1.807) is 72.8 Å². The quantitative estimate of drug-likeness (QED) is 0.553. The van der Waals surface area contributed by atoms with Crippen molar-refractivity contribution in [2.24, 2.45) is 0 Å². The second kappa shape index (κ2) is 9.75. The molecule has 0 fully saturated rings. The molecule has 3 aromatic rings. The SMILES string of the molecule is CCOc1ccc(NC(=O)C[C@H]2C(=O)Nc3ccccc3N2C(=O)c2ccc(Cl)cc2)cc1. The lowest BCUT2D eigenvalue weighted by Crippen LogP contribution is -2.52. The Balaban J connectivity index is 1.59. The number of anilines is 3. The number of nitrogens with one attached hydrogen (secondary N) is 2. The number of carbonyl (C=O) groups is 3. The highest BCUT2D eigenvalue weighted by Crippen LogP contribution is 2.34. The molecule has 3 aromatic carbocycles. The maximum absolute atomic E-state index is 13.4. The van der Waals surface area contributed by atoms with Gasteiger partial charge in [-0.25, -0.2) is 0 Å². The monoisotopic (exact) mass is 463 g/mol. The van der Waals surface area contributed by atoms with Crippen LogP contribution in [0.15, 0.2) is 72.8 Å². The Morgan fingerprint density at radius 3 is 2.42 bits per heavy atom. The average Bonchev–Trinajstić information content (AvgIpc) is 2.81. The maximum Gasteiger partial charge on any atom is 0.259 e. The lowest BCUT2D eigenvalue weighted by molar-refractivity contribution is -0.122. The number of halogens is 1. The first-order valence-corrected chi connectivity index (χ1v) is 10.9. The van der Waals surface area contributed by atoms with Crippen LogP contribution in [0.5, 0.6) is 5.75 Å². The molecule has 7 nitrogen and oxygen atoms in total. The molecule has 4 rings (SSSR count). The van der Waals surface area contributed by atoms with Crippen molar-refractivity contribution in [1.82, 2.24) is 0 Å². The van der Waals surface area contributed by atoms with Gasteiger partial charge in [0.1, 0.15) is 11.8 Å². The predicted molar refractivity (Wildman–Crippen MR) is 128 cm³/mol. The summed E-state index contributed by atoms with van der Waals surface area (Å²) in [6, 6.07) is 19.3. The first kappa shape index (κ1) is 22.4. The van der Waals surface area contributed by atoms with E-state index in [0.717, 1.165) is 0 Å². The molecule has 168 valence electrons. The fourth-order valence-corrected chi connectivity index (χ4v) is 3.77. The summed E-state index contributed by atoms with van der Waals surface area (Å²) >= 11 is 5.96. The van der Waals surface area contributed by atoms with Crippen LogP contribution in [0.2, 0.25) is 5.02 Å². The molecular weight excluding hydrogens is 442 g/mol. The van der Waals surface area contributed by atoms with Crippen molar-refractivity contribution in [1.29, 1.82) is 0 Å². The second-order valence-corrected chi connectivity index (χ2v) is 7.85. The van der Waals surface area contributed by atoms with Crippen molar-refractivity contribution in [2.45, 2.75) is 19.4 Å². The highest BCUT2D eigenvalue weighted by Gasteiger charge is 2.38. The van der Waals surface area contributed by atoms with Gasteiger partial charge in [0.25, 0.3) is 5.91 Å². The minimum atomic E-state index is -1.02. The molecule has 1 aliphatic rings. The lowest BCUT2D eigenvalue weighted by atomic mass is 10.0. The fraction of sp³-hybridized carbons (Fsp3) is 0.160. The zero-order valence-electron chi connectivity index (χ0n) is 17.9. The van der Waals surface area contributed by atoms with Gasteiger partial charge < -0.3 is 15.4 Å². The number of rotatable bonds is 6. The van der Waals surface area contributed by atoms with E-state index >= 15 is 0 Å². The number of hydrogen-bond donors (Lipinski definition) is 2. The number of benzene rings is 3. The summed E-state index contributed by atoms with van der Waals surface area (Å²) in [6.45, 7) is 2.43. The van der Waals surface area contributed by atoms with Gasteiger partial charge in [-0.2, -0.15) is 0 Å². The molecule has 0 aliphatic carbocycles. The average molecular weight is 464 g/mol. The predicted octanol–water partition coefficient (Wildman–Crippen LogP) is 4.74. The summed E-state index contributed by atoms with van der Waals surface area (Å²) in [5.41, 5.74) is 1.96. The Labute approximate surface area is 196 Å². The van der Waals surface area contributed by atoms with Crippen molar-refractivity contribution in [2.75, 3.05) is 22.1 Å². The first-order chi connectivity index (χ1) is 16.0. The van der Waals surface area contributed by atoms with Crippen molar-refractivity contribution in [3.63, 3.8) is 0 Å². The van der Waals surface area contributed by atoms with Gasteiger partial charge in [0.2, 0.25) is 11.8 Å². The minimum absolute atomic E-state index is 0.216. The molecule has 0 saturated carbocycles. The molecular formula is C25H22ClN3O4. The molecule has 0 aromatic heterocycles. The largest absolute Gasteiger partial charge is 0.494 e. The van der Waals surface area contributed by atoms with Gasteiger partial charge in [0.15, 0.2) is 0 Å². The fourth-order valence-electron chi connectivity index (χ4n) is 3.65. The summed E-state index contributed by atoms with van der Waals surface area (Å²) in [7, 11) is 0. The molecule has 0 bridgehead atoms. The van der Waals surface area contributed by atoms with Crippen LogP contribution >= 0.6 is 11.6 Å². The summed E-state index contributed by atoms with van der Waals surface area (Å²) in [6.07, 6.45) is -0.216. The third-order valence-electron chi connectivity index (χ3n) is 5.17. The molecule has 2 N–H and O–H groups in total. The van der Waals surface area contributed by atoms with E-state index in [4.69, 9.17) is 16.3 Å². The van der Waals surface area contributed by atoms with Crippen molar-refractivity contribution < 1.29 is 19.1 Å². The number of nitrogens with zero attached hydrogens (tertiary/aromatic N) is 1. The van der Waals surface area contributed by atoms with Crippen LogP contribution in [0.1, 0.15) is 23.7 Å². The highest BCUT2D eigenvalue weighted by atomic mass is 35.5. The van der Waals surface area contributed by atoms with Crippen LogP contribution in [0, 0.1) is 0 Å². The van der Waals surface area contributed by atoms with Gasteiger partial charge in [-0.1, -0.05) is 23.7 Å². The molecule has 0 spiro atoms. The number of amides is 3. The number of para-hydroxylation sites is 2. The Hall–Kier alpha value is -3.84. The first-order valence-electron chi connectivity index (χ1n) is 10.5. The Morgan fingerprint density at radius 1 is 1.03 bits per heavy atom. The summed E-state index contributed by atoms with van der Waals surface area (Å²) in [4.78, 5) is 40.6. The number of ether oxygens (including phenoxy) is 1. The summed E-state index contributed by atoms with van der Waals surface area (Å²) in [5.74, 6) is -0.531. The number of hydrogen-bond acceptors (Lipinski definition) is 4. The van der Waals surface area contributed by atoms with E-state index in [-0.39, 0.29) is 6.42 Å². The zero-order chi connectivity index (χ0) is 23.4. The number of carbonyl (C=O) groups excluding carboxylic acids is 3. The van der Waals surface area contributed by atoms with Crippen molar-refractivity contribution in [3.05, 3.63) is 83.4 Å². The van der Waals surface area contributed by atoms with Crippen molar-refractivity contribution >= 4 is 46.4 Å². The van der Waals surface area contributed by atoms with E-state index in [0.29, 0.717) is 40.0 Å². The minimum Gasteiger partial charge on any atom is -0.494 e. The normalized spacial score (nSPS) is 14.8. The van der Waals surface area contributed by atoms with Crippen LogP contribution < -0.4 is 20.3 Å².